The van der Waals surface area contributed by atoms with Gasteiger partial charge >= 0.3 is 0 Å². The molecule has 0 spiro atoms. The maximum Gasteiger partial charge on any atom is 0.251 e. The Morgan fingerprint density at radius 2 is 2.13 bits per heavy atom. The van der Waals surface area contributed by atoms with E-state index in [1.54, 1.807) is 21.8 Å². The lowest BCUT2D eigenvalue weighted by atomic mass is 10.3. The number of anilines is 1. The second-order valence-corrected chi connectivity index (χ2v) is 7.20. The Hall–Kier alpha value is -2.09. The molecule has 0 radical (unpaired) electrons. The molecule has 1 aliphatic carbocycles. The van der Waals surface area contributed by atoms with Gasteiger partial charge in [0.15, 0.2) is 5.16 Å². The molecule has 2 aliphatic rings. The summed E-state index contributed by atoms with van der Waals surface area (Å²) >= 11 is 1.35. The van der Waals surface area contributed by atoms with Gasteiger partial charge in [-0.05, 0) is 19.3 Å². The highest BCUT2D eigenvalue weighted by Crippen LogP contribution is 2.39. The van der Waals surface area contributed by atoms with Gasteiger partial charge in [-0.3, -0.25) is 14.3 Å². The SMILES string of the molecule is Cn1cc(N2CC[C@H](Sc3nc(C4CC4)cc(=O)[nH]3)C2=O)cn1. The van der Waals surface area contributed by atoms with Crippen LogP contribution in [0.1, 0.15) is 30.9 Å². The standard InChI is InChI=1S/C15H17N5O2S/c1-19-8-10(7-16-19)20-5-4-12(14(20)22)23-15-17-11(9-2-3-9)6-13(21)18-15/h6-9,12H,2-5H2,1H3,(H,17,18,21)/t12-/m0/s1. The Morgan fingerprint density at radius 3 is 2.83 bits per heavy atom. The van der Waals surface area contributed by atoms with Crippen LogP contribution < -0.4 is 10.5 Å². The van der Waals surface area contributed by atoms with Gasteiger partial charge in [-0.2, -0.15) is 5.10 Å². The second-order valence-electron chi connectivity index (χ2n) is 6.01. The van der Waals surface area contributed by atoms with E-state index in [4.69, 9.17) is 0 Å². The first-order valence-electron chi connectivity index (χ1n) is 7.68. The van der Waals surface area contributed by atoms with Crippen LogP contribution in [0.15, 0.2) is 28.4 Å². The first-order chi connectivity index (χ1) is 11.1. The summed E-state index contributed by atoms with van der Waals surface area (Å²) in [6, 6.07) is 1.57. The van der Waals surface area contributed by atoms with Gasteiger partial charge in [-0.15, -0.1) is 0 Å². The molecular weight excluding hydrogens is 314 g/mol. The monoisotopic (exact) mass is 331 g/mol. The number of hydrogen-bond donors (Lipinski definition) is 1. The third-order valence-electron chi connectivity index (χ3n) is 4.15. The van der Waals surface area contributed by atoms with E-state index in [2.05, 4.69) is 15.1 Å². The fourth-order valence-corrected chi connectivity index (χ4v) is 3.84. The summed E-state index contributed by atoms with van der Waals surface area (Å²) in [4.78, 5) is 33.4. The summed E-state index contributed by atoms with van der Waals surface area (Å²) in [6.45, 7) is 0.661. The van der Waals surface area contributed by atoms with E-state index in [0.717, 1.165) is 30.6 Å². The Morgan fingerprint density at radius 1 is 1.30 bits per heavy atom. The van der Waals surface area contributed by atoms with Crippen LogP contribution in [0.2, 0.25) is 0 Å². The second kappa shape index (κ2) is 5.52. The van der Waals surface area contributed by atoms with Crippen LogP contribution in [0.4, 0.5) is 5.69 Å². The number of thioether (sulfide) groups is 1. The maximum atomic E-state index is 12.6. The highest BCUT2D eigenvalue weighted by molar-refractivity contribution is 8.00. The van der Waals surface area contributed by atoms with Crippen molar-refractivity contribution in [1.29, 1.82) is 0 Å². The first-order valence-corrected chi connectivity index (χ1v) is 8.56. The molecule has 8 heteroatoms. The molecule has 1 amide bonds. The summed E-state index contributed by atoms with van der Waals surface area (Å²) < 4.78 is 1.68. The van der Waals surface area contributed by atoms with Crippen molar-refractivity contribution < 1.29 is 4.79 Å². The largest absolute Gasteiger partial charge is 0.308 e. The minimum absolute atomic E-state index is 0.0440. The number of H-pyrrole nitrogens is 1. The normalized spacial score (nSPS) is 21.2. The molecule has 2 aromatic rings. The molecule has 120 valence electrons. The molecule has 23 heavy (non-hydrogen) atoms. The van der Waals surface area contributed by atoms with Crippen LogP contribution >= 0.6 is 11.8 Å². The molecule has 3 heterocycles. The van der Waals surface area contributed by atoms with E-state index >= 15 is 0 Å². The maximum absolute atomic E-state index is 12.6. The van der Waals surface area contributed by atoms with Gasteiger partial charge in [0, 0.05) is 31.8 Å². The highest BCUT2D eigenvalue weighted by Gasteiger charge is 2.35. The smallest absolute Gasteiger partial charge is 0.251 e. The van der Waals surface area contributed by atoms with Crippen LogP contribution in [0.25, 0.3) is 0 Å². The van der Waals surface area contributed by atoms with Crippen LogP contribution in [-0.2, 0) is 11.8 Å². The number of carbonyl (C=O) groups excluding carboxylic acids is 1. The quantitative estimate of drug-likeness (QED) is 0.853. The van der Waals surface area contributed by atoms with E-state index in [0.29, 0.717) is 17.6 Å². The lowest BCUT2D eigenvalue weighted by molar-refractivity contribution is -0.116. The molecule has 1 aliphatic heterocycles. The van der Waals surface area contributed by atoms with Crippen molar-refractivity contribution >= 4 is 23.4 Å². The van der Waals surface area contributed by atoms with Gasteiger partial charge in [-0.25, -0.2) is 4.98 Å². The van der Waals surface area contributed by atoms with Crippen LogP contribution in [-0.4, -0.2) is 37.5 Å². The zero-order valence-electron chi connectivity index (χ0n) is 12.7. The number of amides is 1. The molecule has 2 aromatic heterocycles. The molecule has 1 N–H and O–H groups in total. The highest BCUT2D eigenvalue weighted by atomic mass is 32.2. The average Bonchev–Trinajstić information content (AvgIpc) is 3.19. The van der Waals surface area contributed by atoms with Crippen molar-refractivity contribution in [1.82, 2.24) is 19.7 Å². The summed E-state index contributed by atoms with van der Waals surface area (Å²) in [6.07, 6.45) is 6.45. The molecule has 7 nitrogen and oxygen atoms in total. The van der Waals surface area contributed by atoms with Crippen LogP contribution in [0.5, 0.6) is 0 Å². The summed E-state index contributed by atoms with van der Waals surface area (Å²) in [5.41, 5.74) is 1.53. The number of aryl methyl sites for hydroxylation is 1. The van der Waals surface area contributed by atoms with Gasteiger partial charge in [0.05, 0.1) is 22.8 Å². The predicted octanol–water partition coefficient (Wildman–Crippen LogP) is 1.28. The fraction of sp³-hybridized carbons (Fsp3) is 0.467. The molecule has 0 bridgehead atoms. The minimum atomic E-state index is -0.215. The molecule has 4 rings (SSSR count). The van der Waals surface area contributed by atoms with E-state index in [1.807, 2.05) is 13.2 Å². The zero-order chi connectivity index (χ0) is 16.0. The third-order valence-corrected chi connectivity index (χ3v) is 5.29. The molecule has 2 fully saturated rings. The van der Waals surface area contributed by atoms with Gasteiger partial charge in [-0.1, -0.05) is 11.8 Å². The molecule has 1 saturated heterocycles. The summed E-state index contributed by atoms with van der Waals surface area (Å²) in [5, 5.41) is 4.44. The van der Waals surface area contributed by atoms with Crippen LogP contribution in [0, 0.1) is 0 Å². The zero-order valence-corrected chi connectivity index (χ0v) is 13.5. The summed E-state index contributed by atoms with van der Waals surface area (Å²) in [5.74, 6) is 0.463. The van der Waals surface area contributed by atoms with Crippen molar-refractivity contribution in [2.45, 2.75) is 35.6 Å². The predicted molar refractivity (Wildman–Crippen MR) is 86.7 cm³/mol. The van der Waals surface area contributed by atoms with Crippen molar-refractivity contribution in [3.8, 4) is 0 Å². The van der Waals surface area contributed by atoms with Gasteiger partial charge < -0.3 is 9.88 Å². The minimum Gasteiger partial charge on any atom is -0.308 e. The van der Waals surface area contributed by atoms with E-state index in [-0.39, 0.29) is 16.7 Å². The number of nitrogens with zero attached hydrogens (tertiary/aromatic N) is 4. The van der Waals surface area contributed by atoms with E-state index in [9.17, 15) is 9.59 Å². The molecule has 1 atom stereocenters. The van der Waals surface area contributed by atoms with E-state index < -0.39 is 0 Å². The molecule has 1 saturated carbocycles. The Bertz CT molecular complexity index is 810. The number of hydrogen-bond acceptors (Lipinski definition) is 5. The number of nitrogens with one attached hydrogen (secondary N) is 1. The topological polar surface area (TPSA) is 83.9 Å². The third kappa shape index (κ3) is 2.90. The number of rotatable bonds is 4. The average molecular weight is 331 g/mol. The lowest BCUT2D eigenvalue weighted by Gasteiger charge is -2.13. The van der Waals surface area contributed by atoms with E-state index in [1.165, 1.54) is 11.8 Å². The summed E-state index contributed by atoms with van der Waals surface area (Å²) in [7, 11) is 1.83. The fourth-order valence-electron chi connectivity index (χ4n) is 2.80. The number of carbonyl (C=O) groups is 1. The molecule has 0 unspecified atom stereocenters. The molecule has 0 aromatic carbocycles. The van der Waals surface area contributed by atoms with Crippen molar-refractivity contribution in [2.24, 2.45) is 7.05 Å². The lowest BCUT2D eigenvalue weighted by Crippen LogP contribution is -2.28. The number of aromatic nitrogens is 4. The van der Waals surface area contributed by atoms with Gasteiger partial charge in [0.1, 0.15) is 0 Å². The van der Waals surface area contributed by atoms with Gasteiger partial charge in [0.2, 0.25) is 5.91 Å². The Labute approximate surface area is 137 Å². The first kappa shape index (κ1) is 14.5. The Balaban J connectivity index is 1.51. The van der Waals surface area contributed by atoms with Gasteiger partial charge in [0.25, 0.3) is 5.56 Å². The van der Waals surface area contributed by atoms with Crippen molar-refractivity contribution in [2.75, 3.05) is 11.4 Å². The van der Waals surface area contributed by atoms with Crippen molar-refractivity contribution in [3.05, 3.63) is 34.5 Å². The van der Waals surface area contributed by atoms with Crippen LogP contribution in [0.3, 0.4) is 0 Å². The van der Waals surface area contributed by atoms with Crippen molar-refractivity contribution in [3.63, 3.8) is 0 Å². The number of aromatic amines is 1. The molecular formula is C15H17N5O2S. The Kier molecular flexibility index (Phi) is 3.48.